The van der Waals surface area contributed by atoms with Gasteiger partial charge in [-0.05, 0) is 247 Å². The van der Waals surface area contributed by atoms with Crippen LogP contribution >= 0.6 is 0 Å². The van der Waals surface area contributed by atoms with Gasteiger partial charge in [0.15, 0.2) is 0 Å². The molecule has 0 saturated carbocycles. The maximum atomic E-state index is 10.6. The summed E-state index contributed by atoms with van der Waals surface area (Å²) >= 11 is 0. The van der Waals surface area contributed by atoms with Crippen molar-refractivity contribution in [1.29, 1.82) is 0 Å². The molecule has 0 N–H and O–H groups in total. The molecule has 0 spiro atoms. The van der Waals surface area contributed by atoms with Crippen molar-refractivity contribution in [3.05, 3.63) is 404 Å². The Morgan fingerprint density at radius 3 is 0.756 bits per heavy atom. The van der Waals surface area contributed by atoms with E-state index >= 15 is 0 Å². The molecule has 0 bridgehead atoms. The first-order valence-corrected chi connectivity index (χ1v) is 44.3. The predicted octanol–water partition coefficient (Wildman–Crippen LogP) is 31.8. The maximum Gasteiger partial charge on any atom is 0.252 e. The van der Waals surface area contributed by atoms with Crippen molar-refractivity contribution in [2.24, 2.45) is 0 Å². The quantitative estimate of drug-likeness (QED) is 0.113. The highest BCUT2D eigenvalue weighted by Crippen LogP contribution is 2.57. The average Bonchev–Trinajstić information content (AvgIpc) is 1.61. The van der Waals surface area contributed by atoms with E-state index in [0.29, 0.717) is 45.0 Å². The molecule has 4 nitrogen and oxygen atoms in total. The van der Waals surface area contributed by atoms with E-state index in [9.17, 15) is 16.4 Å². The maximum absolute atomic E-state index is 10.6. The van der Waals surface area contributed by atoms with Gasteiger partial charge in [0, 0.05) is 77.9 Å². The van der Waals surface area contributed by atoms with Crippen LogP contribution in [0.1, 0.15) is 148 Å². The first kappa shape index (κ1) is 67.4. The monoisotopic (exact) mass is 1650 g/mol. The average molecular weight is 1650 g/mol. The van der Waals surface area contributed by atoms with Crippen molar-refractivity contribution in [1.82, 2.24) is 9.13 Å². The van der Waals surface area contributed by atoms with Crippen LogP contribution in [0.2, 0.25) is 0 Å². The number of aromatic nitrogens is 2. The fraction of sp³-hybridized carbons (Fsp3) is 0.164. The zero-order valence-corrected chi connectivity index (χ0v) is 74.7. The van der Waals surface area contributed by atoms with Crippen LogP contribution in [-0.4, -0.2) is 15.8 Å². The Hall–Kier alpha value is -14.0. The summed E-state index contributed by atoms with van der Waals surface area (Å²) in [6.45, 7) is 29.3. The van der Waals surface area contributed by atoms with Gasteiger partial charge in [-0.2, -0.15) is 0 Å². The largest absolute Gasteiger partial charge is 0.310 e. The SMILES string of the molecule is [2H]c1c(C(C)(C)C)c([2H])c2c3c([2H])c(C(C)(C)C)c([2H])c([2H])c3n(-c3ccc4c(c3)N(c3c(-c5ccccc5)cc(-c5ccccc5)cc3-c3ccccc3)c3cc(-c5ccccc5)cc5c3B4c3ccc(-n4c6c([2H])c([2H])c(C(C)(C)C)c([2H])c6c6c([2H])c(C(C)(C)C)c([2H])c([2H])c64)cc3N5c3c(-c4ccc(-c5ccccc5)cc4)cc(C(C)(C)C)cc3-c3ccc(-c4ccccc4)cc3)c2c1[2H]. The molecule has 127 heavy (non-hydrogen) atoms. The second kappa shape index (κ2) is 30.4. The topological polar surface area (TPSA) is 16.3 Å². The lowest BCUT2D eigenvalue weighted by atomic mass is 9.33. The summed E-state index contributed by atoms with van der Waals surface area (Å²) < 4.78 is 129. The van der Waals surface area contributed by atoms with Crippen molar-refractivity contribution in [3.8, 4) is 100 Å². The molecular formula is C122H107BN4. The van der Waals surface area contributed by atoms with Gasteiger partial charge in [-0.15, -0.1) is 0 Å². The van der Waals surface area contributed by atoms with Crippen LogP contribution in [0.3, 0.4) is 0 Å². The molecule has 0 fully saturated rings. The van der Waals surface area contributed by atoms with Crippen LogP contribution in [0.15, 0.2) is 376 Å². The van der Waals surface area contributed by atoms with E-state index in [4.69, 9.17) is 0 Å². The molecule has 0 unspecified atom stereocenters. The molecule has 0 atom stereocenters. The number of fused-ring (bicyclic) bond motifs is 10. The third-order valence-corrected chi connectivity index (χ3v) is 25.6. The molecule has 2 aromatic heterocycles. The van der Waals surface area contributed by atoms with Gasteiger partial charge in [0.05, 0.1) is 49.9 Å². The van der Waals surface area contributed by atoms with E-state index in [1.54, 1.807) is 4.57 Å². The number of anilines is 6. The molecule has 0 amide bonds. The minimum atomic E-state index is -0.830. The molecule has 0 aliphatic carbocycles. The van der Waals surface area contributed by atoms with Gasteiger partial charge in [0.1, 0.15) is 0 Å². The molecule has 21 rings (SSSR count). The summed E-state index contributed by atoms with van der Waals surface area (Å²) in [7, 11) is 0. The van der Waals surface area contributed by atoms with E-state index < -0.39 is 33.8 Å². The number of nitrogens with zero attached hydrogens (tertiary/aromatic N) is 4. The molecule has 19 aromatic rings. The summed E-state index contributed by atoms with van der Waals surface area (Å²) in [6, 6.07) is 106. The smallest absolute Gasteiger partial charge is 0.252 e. The molecule has 0 saturated heterocycles. The van der Waals surface area contributed by atoms with Crippen LogP contribution in [0.4, 0.5) is 34.1 Å². The van der Waals surface area contributed by atoms with Crippen LogP contribution in [-0.2, 0) is 27.1 Å². The lowest BCUT2D eigenvalue weighted by Crippen LogP contribution is -2.61. The second-order valence-corrected chi connectivity index (χ2v) is 39.5. The Morgan fingerprint density at radius 2 is 0.465 bits per heavy atom. The van der Waals surface area contributed by atoms with Gasteiger partial charge in [-0.1, -0.05) is 371 Å². The third-order valence-electron chi connectivity index (χ3n) is 25.6. The molecule has 4 heterocycles. The molecule has 2 aliphatic rings. The fourth-order valence-corrected chi connectivity index (χ4v) is 18.8. The highest BCUT2D eigenvalue weighted by atomic mass is 15.2. The van der Waals surface area contributed by atoms with Crippen LogP contribution < -0.4 is 26.2 Å². The number of hydrogen-bond acceptors (Lipinski definition) is 2. The van der Waals surface area contributed by atoms with Crippen molar-refractivity contribution in [2.45, 2.75) is 131 Å². The Morgan fingerprint density at radius 1 is 0.220 bits per heavy atom. The summed E-state index contributed by atoms with van der Waals surface area (Å²) in [6.07, 6.45) is 0. The van der Waals surface area contributed by atoms with Gasteiger partial charge >= 0.3 is 0 Å². The summed E-state index contributed by atoms with van der Waals surface area (Å²) in [5.74, 6) is 0. The van der Waals surface area contributed by atoms with E-state index in [0.717, 1.165) is 134 Å². The van der Waals surface area contributed by atoms with E-state index in [1.807, 2.05) is 136 Å². The minimum absolute atomic E-state index is 0.0232. The molecule has 618 valence electrons. The van der Waals surface area contributed by atoms with Crippen molar-refractivity contribution < 1.29 is 16.4 Å². The second-order valence-electron chi connectivity index (χ2n) is 39.5. The fourth-order valence-electron chi connectivity index (χ4n) is 18.8. The highest BCUT2D eigenvalue weighted by molar-refractivity contribution is 7.00. The van der Waals surface area contributed by atoms with Gasteiger partial charge in [-0.25, -0.2) is 0 Å². The third kappa shape index (κ3) is 14.1. The molecule has 17 aromatic carbocycles. The number of rotatable bonds is 12. The Balaban J connectivity index is 0.990. The zero-order valence-electron chi connectivity index (χ0n) is 86.7. The first-order chi connectivity index (χ1) is 66.2. The molecular weight excluding hydrogens is 1530 g/mol. The normalized spacial score (nSPS) is 14.3. The molecule has 5 heteroatoms. The van der Waals surface area contributed by atoms with E-state index in [-0.39, 0.29) is 116 Å². The first-order valence-electron chi connectivity index (χ1n) is 50.3. The lowest BCUT2D eigenvalue weighted by Gasteiger charge is -2.46. The summed E-state index contributed by atoms with van der Waals surface area (Å²) in [5.41, 5.74) is 22.2. The van der Waals surface area contributed by atoms with Gasteiger partial charge in [0.2, 0.25) is 0 Å². The predicted molar refractivity (Wildman–Crippen MR) is 546 cm³/mol. The number of hydrogen-bond donors (Lipinski definition) is 0. The van der Waals surface area contributed by atoms with Crippen molar-refractivity contribution in [2.75, 3.05) is 9.80 Å². The summed E-state index contributed by atoms with van der Waals surface area (Å²) in [4.78, 5) is 4.89. The van der Waals surface area contributed by atoms with E-state index in [1.165, 1.54) is 0 Å². The lowest BCUT2D eigenvalue weighted by molar-refractivity contribution is 0.590. The van der Waals surface area contributed by atoms with Crippen LogP contribution in [0.25, 0.3) is 144 Å². The highest BCUT2D eigenvalue weighted by Gasteiger charge is 2.47. The molecule has 0 radical (unpaired) electrons. The Bertz CT molecular complexity index is 7950. The van der Waals surface area contributed by atoms with Crippen LogP contribution in [0, 0.1) is 0 Å². The molecule has 2 aliphatic heterocycles. The van der Waals surface area contributed by atoms with Gasteiger partial charge in [-0.3, -0.25) is 0 Å². The van der Waals surface area contributed by atoms with Crippen molar-refractivity contribution in [3.63, 3.8) is 0 Å². The van der Waals surface area contributed by atoms with Gasteiger partial charge in [0.25, 0.3) is 6.71 Å². The standard InChI is InChI=1S/C122H107BN4/c1-118(2,3)90-54-62-107-101(70-90)102-71-91(119(4,5)6)55-63-108(102)124(107)95-58-60-105-111(76-95)126(116-97(84-42-30-20-31-43-84)66-88(80-38-26-18-27-39-80)67-98(116)85-44-32-21-33-45-85)113-68-89(81-40-28-19-29-41-81)69-114-115(113)123(105)106-61-59-96(125-109-64-56-92(120(7,8)9)72-103(109)104-73-93(121(10,11)12)57-65-110(104)125)77-112(106)127(114)117-99(86-50-46-82(47-51-86)78-34-22-16-23-35-78)74-94(122(13,14)15)75-100(117)87-52-48-83(49-53-87)79-36-24-17-25-37-79/h16-77H,1-15H3/i54D,55D,56D,57D,62D,63D,64D,65D,70D,71D,72D,73D. The van der Waals surface area contributed by atoms with Gasteiger partial charge < -0.3 is 18.9 Å². The Labute approximate surface area is 766 Å². The van der Waals surface area contributed by atoms with E-state index in [2.05, 4.69) is 285 Å². The number of benzene rings is 17. The summed E-state index contributed by atoms with van der Waals surface area (Å²) in [5, 5.41) is 0.999. The zero-order chi connectivity index (χ0) is 97.8. The van der Waals surface area contributed by atoms with Crippen molar-refractivity contribution >= 4 is 101 Å². The van der Waals surface area contributed by atoms with Crippen LogP contribution in [0.5, 0.6) is 0 Å². The minimum Gasteiger partial charge on any atom is -0.310 e. The Kier molecular flexibility index (Phi) is 16.1.